The number of carbonyl (C=O) groups excluding carboxylic acids is 1. The normalized spacial score (nSPS) is 11.7. The van der Waals surface area contributed by atoms with Gasteiger partial charge in [-0.3, -0.25) is 19.7 Å². The summed E-state index contributed by atoms with van der Waals surface area (Å²) in [5.41, 5.74) is -0.619. The van der Waals surface area contributed by atoms with E-state index < -0.39 is 33.8 Å². The zero-order chi connectivity index (χ0) is 21.1. The summed E-state index contributed by atoms with van der Waals surface area (Å²) in [6.45, 7) is 3.12. The maximum absolute atomic E-state index is 13.9. The second-order valence-corrected chi connectivity index (χ2v) is 6.37. The Bertz CT molecular complexity index is 1160. The third-order valence-corrected chi connectivity index (χ3v) is 4.35. The van der Waals surface area contributed by atoms with Crippen LogP contribution in [-0.4, -0.2) is 20.6 Å². The molecule has 1 amide bonds. The van der Waals surface area contributed by atoms with Crippen molar-refractivity contribution < 1.29 is 14.1 Å². The predicted octanol–water partition coefficient (Wildman–Crippen LogP) is 3.08. The molecule has 0 radical (unpaired) electrons. The van der Waals surface area contributed by atoms with Crippen LogP contribution >= 0.6 is 0 Å². The number of amides is 1. The molecule has 0 aliphatic heterocycles. The highest BCUT2D eigenvalue weighted by Gasteiger charge is 2.22. The number of nitrogens with one attached hydrogen (secondary N) is 1. The molecule has 29 heavy (non-hydrogen) atoms. The van der Waals surface area contributed by atoms with Crippen LogP contribution in [0.25, 0.3) is 5.69 Å². The van der Waals surface area contributed by atoms with E-state index in [0.717, 1.165) is 0 Å². The molecular formula is C20H17FN4O4. The fraction of sp³-hybridized carbons (Fsp3) is 0.150. The third kappa shape index (κ3) is 4.03. The number of hydrogen-bond donors (Lipinski definition) is 1. The molecule has 0 aliphatic carbocycles. The van der Waals surface area contributed by atoms with Crippen molar-refractivity contribution in [1.29, 1.82) is 0 Å². The number of carbonyl (C=O) groups is 1. The van der Waals surface area contributed by atoms with Gasteiger partial charge in [0, 0.05) is 23.4 Å². The fourth-order valence-electron chi connectivity index (χ4n) is 2.92. The summed E-state index contributed by atoms with van der Waals surface area (Å²) >= 11 is 0. The van der Waals surface area contributed by atoms with E-state index in [1.165, 1.54) is 47.1 Å². The van der Waals surface area contributed by atoms with Gasteiger partial charge in [-0.25, -0.2) is 9.07 Å². The summed E-state index contributed by atoms with van der Waals surface area (Å²) in [7, 11) is 0. The van der Waals surface area contributed by atoms with E-state index in [1.54, 1.807) is 26.0 Å². The minimum Gasteiger partial charge on any atom is -0.344 e. The number of para-hydroxylation sites is 2. The number of aromatic nitrogens is 2. The van der Waals surface area contributed by atoms with E-state index in [0.29, 0.717) is 5.69 Å². The van der Waals surface area contributed by atoms with Gasteiger partial charge in [-0.1, -0.05) is 30.3 Å². The molecule has 0 saturated heterocycles. The number of nitro benzene ring substituents is 1. The average Bonchev–Trinajstić information content (AvgIpc) is 2.68. The first kappa shape index (κ1) is 19.9. The van der Waals surface area contributed by atoms with Crippen LogP contribution in [0, 0.1) is 22.9 Å². The molecule has 0 aliphatic rings. The molecule has 0 fully saturated rings. The summed E-state index contributed by atoms with van der Waals surface area (Å²) in [6.07, 6.45) is 0. The van der Waals surface area contributed by atoms with Crippen LogP contribution in [-0.2, 0) is 0 Å². The zero-order valence-corrected chi connectivity index (χ0v) is 15.6. The van der Waals surface area contributed by atoms with Crippen LogP contribution < -0.4 is 10.7 Å². The number of nitrogens with zero attached hydrogens (tertiary/aromatic N) is 3. The molecule has 1 unspecified atom stereocenters. The number of hydrogen-bond acceptors (Lipinski definition) is 5. The molecule has 8 nitrogen and oxygen atoms in total. The van der Waals surface area contributed by atoms with Crippen molar-refractivity contribution in [1.82, 2.24) is 15.1 Å². The van der Waals surface area contributed by atoms with Crippen molar-refractivity contribution in [2.75, 3.05) is 0 Å². The Hall–Kier alpha value is -3.88. The minimum absolute atomic E-state index is 0.117. The zero-order valence-electron chi connectivity index (χ0n) is 15.6. The van der Waals surface area contributed by atoms with Gasteiger partial charge in [0.25, 0.3) is 11.6 Å². The minimum atomic E-state index is -0.807. The largest absolute Gasteiger partial charge is 0.344 e. The highest BCUT2D eigenvalue weighted by atomic mass is 19.1. The van der Waals surface area contributed by atoms with Gasteiger partial charge in [-0.2, -0.15) is 5.10 Å². The maximum atomic E-state index is 13.9. The van der Waals surface area contributed by atoms with Crippen molar-refractivity contribution in [2.24, 2.45) is 0 Å². The van der Waals surface area contributed by atoms with Crippen LogP contribution in [0.4, 0.5) is 10.1 Å². The number of nitro groups is 1. The van der Waals surface area contributed by atoms with Gasteiger partial charge in [0.05, 0.1) is 11.0 Å². The molecule has 1 N–H and O–H groups in total. The van der Waals surface area contributed by atoms with Crippen molar-refractivity contribution in [3.63, 3.8) is 0 Å². The second-order valence-electron chi connectivity index (χ2n) is 6.37. The van der Waals surface area contributed by atoms with Crippen molar-refractivity contribution in [3.05, 3.63) is 97.7 Å². The van der Waals surface area contributed by atoms with Gasteiger partial charge < -0.3 is 5.32 Å². The molecule has 0 saturated carbocycles. The lowest BCUT2D eigenvalue weighted by Crippen LogP contribution is -2.34. The topological polar surface area (TPSA) is 107 Å². The fourth-order valence-corrected chi connectivity index (χ4v) is 2.92. The van der Waals surface area contributed by atoms with Gasteiger partial charge in [0.2, 0.25) is 5.43 Å². The molecule has 3 aromatic rings. The second kappa shape index (κ2) is 8.01. The van der Waals surface area contributed by atoms with E-state index in [-0.39, 0.29) is 16.9 Å². The standard InChI is InChI=1S/C20H17FN4O4/c1-12-11-18(26)19(20(27)22-13(2)14-7-3-4-8-15(14)21)23-24(12)16-9-5-6-10-17(16)25(28)29/h3-11,13H,1-2H3,(H,22,27). The quantitative estimate of drug-likeness (QED) is 0.527. The molecule has 1 heterocycles. The molecule has 0 bridgehead atoms. The predicted molar refractivity (Wildman–Crippen MR) is 104 cm³/mol. The maximum Gasteiger partial charge on any atom is 0.294 e. The van der Waals surface area contributed by atoms with E-state index in [9.17, 15) is 24.1 Å². The van der Waals surface area contributed by atoms with Gasteiger partial charge in [0.1, 0.15) is 11.5 Å². The first-order valence-electron chi connectivity index (χ1n) is 8.69. The molecule has 3 rings (SSSR count). The summed E-state index contributed by atoms with van der Waals surface area (Å²) in [5.74, 6) is -1.30. The molecule has 1 atom stereocenters. The average molecular weight is 396 g/mol. The Morgan fingerprint density at radius 2 is 1.86 bits per heavy atom. The van der Waals surface area contributed by atoms with Crippen molar-refractivity contribution >= 4 is 11.6 Å². The van der Waals surface area contributed by atoms with Crippen LogP contribution in [0.15, 0.2) is 59.4 Å². The van der Waals surface area contributed by atoms with Crippen LogP contribution in [0.2, 0.25) is 0 Å². The molecule has 9 heteroatoms. The lowest BCUT2D eigenvalue weighted by Gasteiger charge is -2.16. The van der Waals surface area contributed by atoms with E-state index >= 15 is 0 Å². The van der Waals surface area contributed by atoms with E-state index in [2.05, 4.69) is 10.4 Å². The van der Waals surface area contributed by atoms with Crippen molar-refractivity contribution in [2.45, 2.75) is 19.9 Å². The Balaban J connectivity index is 2.00. The number of halogens is 1. The van der Waals surface area contributed by atoms with Gasteiger partial charge in [-0.05, 0) is 26.0 Å². The lowest BCUT2D eigenvalue weighted by atomic mass is 10.1. The summed E-state index contributed by atoms with van der Waals surface area (Å²) < 4.78 is 15.1. The highest BCUT2D eigenvalue weighted by molar-refractivity contribution is 5.92. The monoisotopic (exact) mass is 396 g/mol. The Morgan fingerprint density at radius 1 is 1.21 bits per heavy atom. The molecule has 148 valence electrons. The molecule has 1 aromatic heterocycles. The number of benzene rings is 2. The summed E-state index contributed by atoms with van der Waals surface area (Å²) in [5, 5.41) is 17.9. The van der Waals surface area contributed by atoms with E-state index in [4.69, 9.17) is 0 Å². The Morgan fingerprint density at radius 3 is 2.55 bits per heavy atom. The van der Waals surface area contributed by atoms with Gasteiger partial charge in [-0.15, -0.1) is 0 Å². The first-order chi connectivity index (χ1) is 13.8. The van der Waals surface area contributed by atoms with Crippen LogP contribution in [0.5, 0.6) is 0 Å². The summed E-state index contributed by atoms with van der Waals surface area (Å²) in [4.78, 5) is 35.7. The lowest BCUT2D eigenvalue weighted by molar-refractivity contribution is -0.384. The smallest absolute Gasteiger partial charge is 0.294 e. The van der Waals surface area contributed by atoms with Crippen LogP contribution in [0.3, 0.4) is 0 Å². The first-order valence-corrected chi connectivity index (χ1v) is 8.69. The highest BCUT2D eigenvalue weighted by Crippen LogP contribution is 2.22. The SMILES string of the molecule is Cc1cc(=O)c(C(=O)NC(C)c2ccccc2F)nn1-c1ccccc1[N+](=O)[O-]. The third-order valence-electron chi connectivity index (χ3n) is 4.35. The van der Waals surface area contributed by atoms with Crippen molar-refractivity contribution in [3.8, 4) is 5.69 Å². The Labute approximate surface area is 164 Å². The van der Waals surface area contributed by atoms with E-state index in [1.807, 2.05) is 0 Å². The molecule has 2 aromatic carbocycles. The Kier molecular flexibility index (Phi) is 5.49. The number of aryl methyl sites for hydroxylation is 1. The molecular weight excluding hydrogens is 379 g/mol. The summed E-state index contributed by atoms with van der Waals surface area (Å²) in [6, 6.07) is 12.3. The molecule has 0 spiro atoms. The van der Waals surface area contributed by atoms with Gasteiger partial charge in [0.15, 0.2) is 5.69 Å². The number of rotatable bonds is 5. The van der Waals surface area contributed by atoms with Crippen LogP contribution in [0.1, 0.15) is 34.7 Å². The van der Waals surface area contributed by atoms with Gasteiger partial charge >= 0.3 is 0 Å².